The van der Waals surface area contributed by atoms with Crippen molar-refractivity contribution in [1.29, 1.82) is 0 Å². The predicted octanol–water partition coefficient (Wildman–Crippen LogP) is 0.334. The Bertz CT molecular complexity index is 960. The smallest absolute Gasteiger partial charge is 0.254 e. The van der Waals surface area contributed by atoms with Gasteiger partial charge in [-0.15, -0.1) is 15.3 Å². The molecule has 0 saturated carbocycles. The molecule has 4 heterocycles. The van der Waals surface area contributed by atoms with E-state index in [1.807, 2.05) is 26.0 Å². The van der Waals surface area contributed by atoms with Gasteiger partial charge < -0.3 is 14.4 Å². The lowest BCUT2D eigenvalue weighted by atomic mass is 9.96. The van der Waals surface area contributed by atoms with Crippen molar-refractivity contribution in [2.45, 2.75) is 25.3 Å². The van der Waals surface area contributed by atoms with E-state index in [0.717, 1.165) is 37.6 Å². The lowest BCUT2D eigenvalue weighted by Crippen LogP contribution is -2.39. The summed E-state index contributed by atoms with van der Waals surface area (Å²) in [7, 11) is 6.02. The average molecular weight is 369 g/mol. The second-order valence-corrected chi connectivity index (χ2v) is 7.26. The fourth-order valence-electron chi connectivity index (χ4n) is 3.58. The van der Waals surface area contributed by atoms with Crippen LogP contribution in [0, 0.1) is 0 Å². The van der Waals surface area contributed by atoms with E-state index in [2.05, 4.69) is 35.2 Å². The molecular formula is C17H23N9O. The van der Waals surface area contributed by atoms with Gasteiger partial charge in [-0.05, 0) is 49.5 Å². The first kappa shape index (κ1) is 17.5. The molecule has 0 aliphatic carbocycles. The van der Waals surface area contributed by atoms with Crippen molar-refractivity contribution in [3.63, 3.8) is 0 Å². The van der Waals surface area contributed by atoms with Crippen molar-refractivity contribution >= 4 is 11.6 Å². The van der Waals surface area contributed by atoms with Gasteiger partial charge in [-0.2, -0.15) is 0 Å². The SMILES string of the molecule is CN(C)Cc1nnc([C@@H]2CCCN(C(=O)c3ccn4nnnc4c3)C2)n1C. The summed E-state index contributed by atoms with van der Waals surface area (Å²) < 4.78 is 3.61. The van der Waals surface area contributed by atoms with Gasteiger partial charge in [0.05, 0.1) is 6.54 Å². The first-order valence-electron chi connectivity index (χ1n) is 9.03. The zero-order valence-corrected chi connectivity index (χ0v) is 15.8. The molecule has 1 aliphatic heterocycles. The molecule has 10 heteroatoms. The number of piperidine rings is 1. The number of rotatable bonds is 4. The topological polar surface area (TPSA) is 97.3 Å². The van der Waals surface area contributed by atoms with Crippen molar-refractivity contribution in [2.75, 3.05) is 27.2 Å². The van der Waals surface area contributed by atoms with E-state index in [-0.39, 0.29) is 11.8 Å². The second kappa shape index (κ2) is 7.03. The van der Waals surface area contributed by atoms with Gasteiger partial charge in [-0.1, -0.05) is 0 Å². The lowest BCUT2D eigenvalue weighted by molar-refractivity contribution is 0.0703. The number of pyridine rings is 1. The fourth-order valence-corrected chi connectivity index (χ4v) is 3.58. The molecule has 1 fully saturated rings. The molecule has 1 atom stereocenters. The third kappa shape index (κ3) is 3.39. The Balaban J connectivity index is 1.52. The molecule has 0 bridgehead atoms. The van der Waals surface area contributed by atoms with Crippen molar-refractivity contribution in [3.8, 4) is 0 Å². The van der Waals surface area contributed by atoms with Gasteiger partial charge in [-0.3, -0.25) is 4.79 Å². The highest BCUT2D eigenvalue weighted by molar-refractivity contribution is 5.95. The van der Waals surface area contributed by atoms with E-state index < -0.39 is 0 Å². The monoisotopic (exact) mass is 369 g/mol. The Morgan fingerprint density at radius 2 is 2.15 bits per heavy atom. The second-order valence-electron chi connectivity index (χ2n) is 7.26. The number of fused-ring (bicyclic) bond motifs is 1. The Morgan fingerprint density at radius 1 is 1.30 bits per heavy atom. The standard InChI is InChI=1S/C17H23N9O/c1-23(2)11-15-18-20-16(24(15)3)13-5-4-7-25(10-13)17(27)12-6-8-26-14(9-12)19-21-22-26/h6,8-9,13H,4-5,7,10-11H2,1-3H3/t13-/m1/s1. The first-order valence-corrected chi connectivity index (χ1v) is 9.03. The molecule has 10 nitrogen and oxygen atoms in total. The summed E-state index contributed by atoms with van der Waals surface area (Å²) in [6, 6.07) is 3.48. The minimum Gasteiger partial charge on any atom is -0.338 e. The fraction of sp³-hybridized carbons (Fsp3) is 0.529. The summed E-state index contributed by atoms with van der Waals surface area (Å²) in [5, 5.41) is 20.1. The van der Waals surface area contributed by atoms with Crippen LogP contribution in [-0.4, -0.2) is 77.7 Å². The summed E-state index contributed by atoms with van der Waals surface area (Å²) >= 11 is 0. The third-order valence-corrected chi connectivity index (χ3v) is 4.98. The van der Waals surface area contributed by atoms with E-state index >= 15 is 0 Å². The van der Waals surface area contributed by atoms with Crippen molar-refractivity contribution in [2.24, 2.45) is 7.05 Å². The molecule has 1 amide bonds. The van der Waals surface area contributed by atoms with E-state index in [1.165, 1.54) is 0 Å². The average Bonchev–Trinajstić information content (AvgIpc) is 3.27. The number of nitrogens with zero attached hydrogens (tertiary/aromatic N) is 9. The number of amides is 1. The molecule has 0 aromatic carbocycles. The van der Waals surface area contributed by atoms with Crippen LogP contribution in [0.25, 0.3) is 5.65 Å². The number of carbonyl (C=O) groups excluding carboxylic acids is 1. The van der Waals surface area contributed by atoms with Gasteiger partial charge >= 0.3 is 0 Å². The van der Waals surface area contributed by atoms with Gasteiger partial charge in [-0.25, -0.2) is 4.52 Å². The van der Waals surface area contributed by atoms with Crippen LogP contribution in [0.1, 0.15) is 40.8 Å². The molecule has 4 rings (SSSR count). The zero-order valence-electron chi connectivity index (χ0n) is 15.8. The highest BCUT2D eigenvalue weighted by Crippen LogP contribution is 2.27. The largest absolute Gasteiger partial charge is 0.338 e. The molecule has 0 spiro atoms. The van der Waals surface area contributed by atoms with E-state index in [9.17, 15) is 4.79 Å². The molecule has 1 saturated heterocycles. The van der Waals surface area contributed by atoms with E-state index in [1.54, 1.807) is 22.8 Å². The first-order chi connectivity index (χ1) is 13.0. The lowest BCUT2D eigenvalue weighted by Gasteiger charge is -2.32. The summed E-state index contributed by atoms with van der Waals surface area (Å²) in [4.78, 5) is 16.9. The van der Waals surface area contributed by atoms with Crippen molar-refractivity contribution < 1.29 is 4.79 Å². The van der Waals surface area contributed by atoms with Crippen molar-refractivity contribution in [3.05, 3.63) is 35.5 Å². The minimum absolute atomic E-state index is 0.000818. The van der Waals surface area contributed by atoms with Crippen LogP contribution < -0.4 is 0 Å². The number of hydrogen-bond acceptors (Lipinski definition) is 7. The minimum atomic E-state index is 0.000818. The van der Waals surface area contributed by atoms with Gasteiger partial charge in [0.1, 0.15) is 11.6 Å². The number of tetrazole rings is 1. The highest BCUT2D eigenvalue weighted by atomic mass is 16.2. The van der Waals surface area contributed by atoms with E-state index in [4.69, 9.17) is 0 Å². The summed E-state index contributed by atoms with van der Waals surface area (Å²) in [6.45, 7) is 2.13. The summed E-state index contributed by atoms with van der Waals surface area (Å²) in [6.07, 6.45) is 3.66. The van der Waals surface area contributed by atoms with Crippen LogP contribution in [0.4, 0.5) is 0 Å². The Hall–Kier alpha value is -2.88. The molecule has 0 N–H and O–H groups in total. The molecule has 3 aromatic heterocycles. The Labute approximate surface area is 156 Å². The van der Waals surface area contributed by atoms with Gasteiger partial charge in [0, 0.05) is 37.8 Å². The van der Waals surface area contributed by atoms with Crippen LogP contribution in [-0.2, 0) is 13.6 Å². The maximum atomic E-state index is 13.0. The highest BCUT2D eigenvalue weighted by Gasteiger charge is 2.29. The van der Waals surface area contributed by atoms with Gasteiger partial charge in [0.25, 0.3) is 5.91 Å². The van der Waals surface area contributed by atoms with Crippen LogP contribution in [0.5, 0.6) is 0 Å². The quantitative estimate of drug-likeness (QED) is 0.654. The van der Waals surface area contributed by atoms with E-state index in [0.29, 0.717) is 17.8 Å². The molecule has 3 aromatic rings. The third-order valence-electron chi connectivity index (χ3n) is 4.98. The maximum Gasteiger partial charge on any atom is 0.254 e. The maximum absolute atomic E-state index is 13.0. The molecule has 0 unspecified atom stereocenters. The number of likely N-dealkylation sites (tertiary alicyclic amines) is 1. The zero-order chi connectivity index (χ0) is 19.0. The number of hydrogen-bond donors (Lipinski definition) is 0. The number of carbonyl (C=O) groups is 1. The van der Waals surface area contributed by atoms with Crippen molar-refractivity contribution in [1.82, 2.24) is 44.6 Å². The normalized spacial score (nSPS) is 17.8. The van der Waals surface area contributed by atoms with Crippen LogP contribution in [0.15, 0.2) is 18.3 Å². The predicted molar refractivity (Wildman–Crippen MR) is 97.1 cm³/mol. The Kier molecular flexibility index (Phi) is 4.56. The van der Waals surface area contributed by atoms with Gasteiger partial charge in [0.2, 0.25) is 0 Å². The molecular weight excluding hydrogens is 346 g/mol. The van der Waals surface area contributed by atoms with Gasteiger partial charge in [0.15, 0.2) is 5.65 Å². The summed E-state index contributed by atoms with van der Waals surface area (Å²) in [5.74, 6) is 2.07. The van der Waals surface area contributed by atoms with Crippen LogP contribution in [0.3, 0.4) is 0 Å². The molecule has 142 valence electrons. The van der Waals surface area contributed by atoms with Crippen LogP contribution >= 0.6 is 0 Å². The summed E-state index contributed by atoms with van der Waals surface area (Å²) in [5.41, 5.74) is 1.17. The number of aromatic nitrogens is 7. The van der Waals surface area contributed by atoms with Crippen LogP contribution in [0.2, 0.25) is 0 Å². The molecule has 1 aliphatic rings. The Morgan fingerprint density at radius 3 is 2.96 bits per heavy atom. The molecule has 0 radical (unpaired) electrons. The molecule has 27 heavy (non-hydrogen) atoms.